The molecule has 4 N–H and O–H groups in total. The lowest BCUT2D eigenvalue weighted by molar-refractivity contribution is 0.0569. The van der Waals surface area contributed by atoms with Gasteiger partial charge in [0, 0.05) is 28.3 Å². The fourth-order valence-corrected chi connectivity index (χ4v) is 7.65. The molecule has 4 heterocycles. The maximum Gasteiger partial charge on any atom is 0.188 e. The van der Waals surface area contributed by atoms with Gasteiger partial charge in [-0.05, 0) is 81.7 Å². The minimum atomic E-state index is -0.511. The number of rotatable bonds is 10. The molecule has 45 heavy (non-hydrogen) atoms. The van der Waals surface area contributed by atoms with Crippen LogP contribution in [0.15, 0.2) is 23.1 Å². The largest absolute Gasteiger partial charge is 0.474 e. The number of hydrogen-bond donors (Lipinski definition) is 3. The van der Waals surface area contributed by atoms with Crippen molar-refractivity contribution in [2.45, 2.75) is 78.7 Å². The zero-order valence-corrected chi connectivity index (χ0v) is 28.5. The number of amidine groups is 1. The van der Waals surface area contributed by atoms with Crippen LogP contribution in [-0.4, -0.2) is 53.7 Å². The minimum absolute atomic E-state index is 0.0343. The van der Waals surface area contributed by atoms with Crippen molar-refractivity contribution in [2.75, 3.05) is 25.9 Å². The highest BCUT2D eigenvalue weighted by atomic mass is 32.1. The number of halogens is 1. The van der Waals surface area contributed by atoms with Gasteiger partial charge in [-0.15, -0.1) is 20.6 Å². The summed E-state index contributed by atoms with van der Waals surface area (Å²) in [7, 11) is 4.97. The Hall–Kier alpha value is -3.42. The number of nitrogens with one attached hydrogen (secondary N) is 2. The van der Waals surface area contributed by atoms with E-state index in [-0.39, 0.29) is 23.2 Å². The van der Waals surface area contributed by atoms with Gasteiger partial charge in [0.25, 0.3) is 0 Å². The molecule has 2 aliphatic rings. The number of allylic oxidation sites excluding steroid dienone is 1. The fraction of sp³-hybridized carbons (Fsp3) is 0.455. The van der Waals surface area contributed by atoms with Crippen LogP contribution in [-0.2, 0) is 22.7 Å². The van der Waals surface area contributed by atoms with E-state index in [1.54, 1.807) is 6.92 Å². The second kappa shape index (κ2) is 13.9. The smallest absolute Gasteiger partial charge is 0.188 e. The van der Waals surface area contributed by atoms with Crippen LogP contribution in [0.4, 0.5) is 9.39 Å². The van der Waals surface area contributed by atoms with Gasteiger partial charge in [0.1, 0.15) is 23.0 Å². The summed E-state index contributed by atoms with van der Waals surface area (Å²) in [4.78, 5) is 11.8. The molecular formula is C33H41FN7O2PS. The number of benzene rings is 1. The van der Waals surface area contributed by atoms with Crippen LogP contribution in [0, 0.1) is 29.5 Å². The first-order chi connectivity index (χ1) is 21.6. The summed E-state index contributed by atoms with van der Waals surface area (Å²) in [6, 6.07) is 2.48. The molecule has 0 bridgehead atoms. The van der Waals surface area contributed by atoms with Gasteiger partial charge in [-0.2, -0.15) is 5.26 Å². The summed E-state index contributed by atoms with van der Waals surface area (Å²) in [5.74, 6) is 0.727. The number of aromatic nitrogens is 1. The van der Waals surface area contributed by atoms with Crippen molar-refractivity contribution in [3.8, 4) is 17.3 Å². The van der Waals surface area contributed by atoms with Gasteiger partial charge < -0.3 is 25.9 Å². The average molecular weight is 650 g/mol. The maximum atomic E-state index is 14.9. The Balaban J connectivity index is 1.65. The van der Waals surface area contributed by atoms with E-state index in [0.29, 0.717) is 52.5 Å². The van der Waals surface area contributed by atoms with E-state index in [9.17, 15) is 9.65 Å². The molecule has 9 nitrogen and oxygen atoms in total. The van der Waals surface area contributed by atoms with Crippen LogP contribution in [0.5, 0.6) is 0 Å². The van der Waals surface area contributed by atoms with Crippen molar-refractivity contribution >= 4 is 52.5 Å². The number of nitrogen functional groups attached to an aromatic ring is 1. The lowest BCUT2D eigenvalue weighted by atomic mass is 9.89. The molecule has 1 fully saturated rings. The molecule has 12 heteroatoms. The number of aliphatic imine (C=N–C) groups is 1. The van der Waals surface area contributed by atoms with Gasteiger partial charge in [-0.1, -0.05) is 13.3 Å². The van der Waals surface area contributed by atoms with E-state index in [2.05, 4.69) is 57.5 Å². The lowest BCUT2D eigenvalue weighted by Gasteiger charge is -2.29. The molecular weight excluding hydrogens is 608 g/mol. The maximum absolute atomic E-state index is 14.9. The second-order valence-electron chi connectivity index (χ2n) is 11.8. The molecule has 5 rings (SSSR count). The first-order valence-corrected chi connectivity index (χ1v) is 16.7. The van der Waals surface area contributed by atoms with Gasteiger partial charge >= 0.3 is 0 Å². The number of hydrogen-bond acceptors (Lipinski definition) is 9. The van der Waals surface area contributed by atoms with Crippen molar-refractivity contribution in [3.05, 3.63) is 51.8 Å². The highest BCUT2D eigenvalue weighted by Crippen LogP contribution is 2.43. The average Bonchev–Trinajstić information content (AvgIpc) is 3.74. The Kier molecular flexibility index (Phi) is 10.2. The summed E-state index contributed by atoms with van der Waals surface area (Å²) in [6.07, 6.45) is 7.26. The molecule has 2 aliphatic heterocycles. The minimum Gasteiger partial charge on any atom is -0.474 e. The third kappa shape index (κ3) is 6.48. The van der Waals surface area contributed by atoms with Crippen molar-refractivity contribution in [1.82, 2.24) is 15.2 Å². The van der Waals surface area contributed by atoms with Gasteiger partial charge in [0.05, 0.1) is 41.9 Å². The number of anilines is 1. The SMILES string of the molecule is CCC/C=C(/NC(=NCC(C)=N)c1c(C)c(P)c(-c2ncc(F)c3sc(N)c(C#N)c23)c2c1COC2)OC(C)C1CCCN1C. The van der Waals surface area contributed by atoms with Gasteiger partial charge in [0.2, 0.25) is 0 Å². The van der Waals surface area contributed by atoms with E-state index in [1.165, 1.54) is 6.20 Å². The Morgan fingerprint density at radius 2 is 2.20 bits per heavy atom. The normalized spacial score (nSPS) is 17.9. The molecule has 0 amide bonds. The van der Waals surface area contributed by atoms with Gasteiger partial charge in [-0.3, -0.25) is 14.9 Å². The monoisotopic (exact) mass is 649 g/mol. The van der Waals surface area contributed by atoms with E-state index < -0.39 is 5.82 Å². The number of likely N-dealkylation sites (tertiary alicyclic amines) is 1. The third-order valence-electron chi connectivity index (χ3n) is 8.56. The molecule has 0 aliphatic carbocycles. The van der Waals surface area contributed by atoms with Crippen LogP contribution < -0.4 is 16.4 Å². The van der Waals surface area contributed by atoms with Gasteiger partial charge in [-0.25, -0.2) is 4.39 Å². The number of nitriles is 1. The molecule has 0 radical (unpaired) electrons. The Morgan fingerprint density at radius 1 is 1.44 bits per heavy atom. The van der Waals surface area contributed by atoms with Crippen LogP contribution >= 0.6 is 20.6 Å². The number of nitrogens with zero attached hydrogens (tertiary/aromatic N) is 4. The topological polar surface area (TPSA) is 133 Å². The summed E-state index contributed by atoms with van der Waals surface area (Å²) >= 11 is 1.06. The molecule has 1 aromatic carbocycles. The first-order valence-electron chi connectivity index (χ1n) is 15.3. The predicted molar refractivity (Wildman–Crippen MR) is 184 cm³/mol. The molecule has 238 valence electrons. The molecule has 0 saturated carbocycles. The molecule has 1 saturated heterocycles. The van der Waals surface area contributed by atoms with Crippen molar-refractivity contribution in [2.24, 2.45) is 4.99 Å². The number of nitrogens with two attached hydrogens (primary N) is 1. The van der Waals surface area contributed by atoms with Crippen LogP contribution in [0.1, 0.15) is 74.3 Å². The first kappa shape index (κ1) is 33.0. The zero-order valence-electron chi connectivity index (χ0n) is 26.5. The van der Waals surface area contributed by atoms with Gasteiger partial charge in [0.15, 0.2) is 11.7 Å². The Labute approximate surface area is 270 Å². The third-order valence-corrected chi connectivity index (χ3v) is 10.3. The summed E-state index contributed by atoms with van der Waals surface area (Å²) in [5, 5.41) is 23.1. The quantitative estimate of drug-likeness (QED) is 0.108. The number of pyridine rings is 1. The van der Waals surface area contributed by atoms with E-state index in [1.807, 2.05) is 6.92 Å². The Bertz CT molecular complexity index is 1750. The summed E-state index contributed by atoms with van der Waals surface area (Å²) in [6.45, 7) is 9.92. The van der Waals surface area contributed by atoms with E-state index in [4.69, 9.17) is 25.6 Å². The van der Waals surface area contributed by atoms with E-state index >= 15 is 0 Å². The number of unbranched alkanes of at least 4 members (excludes halogenated alkanes) is 1. The van der Waals surface area contributed by atoms with Crippen molar-refractivity contribution in [1.29, 1.82) is 10.7 Å². The van der Waals surface area contributed by atoms with Crippen LogP contribution in [0.25, 0.3) is 21.3 Å². The van der Waals surface area contributed by atoms with Crippen molar-refractivity contribution < 1.29 is 13.9 Å². The van der Waals surface area contributed by atoms with E-state index in [0.717, 1.165) is 76.7 Å². The standard InChI is InChI=1S/C33H41FN7O2PS/c1-6-7-10-25(43-19(4)24-9-8-11-41(24)5)40-33(39-13-17(2)36)26-18(3)30(44)27(22-16-42-15-21(22)26)29-28-20(12-35)32(37)45-31(28)23(34)14-38-29/h10,14,19,24,36H,6-9,11,13,15-16,37,44H2,1-5H3,(H,39,40)/b25-10-,36-17?. The number of fused-ring (bicyclic) bond motifs is 2. The summed E-state index contributed by atoms with van der Waals surface area (Å²) < 4.78 is 27.8. The lowest BCUT2D eigenvalue weighted by Crippen LogP contribution is -2.38. The Morgan fingerprint density at radius 3 is 2.87 bits per heavy atom. The van der Waals surface area contributed by atoms with Crippen molar-refractivity contribution in [3.63, 3.8) is 0 Å². The predicted octanol–water partition coefficient (Wildman–Crippen LogP) is 5.91. The highest BCUT2D eigenvalue weighted by molar-refractivity contribution is 7.28. The molecule has 0 spiro atoms. The molecule has 3 atom stereocenters. The number of likely N-dealkylation sites (N-methyl/N-ethyl adjacent to an activating group) is 1. The molecule has 3 aromatic rings. The highest BCUT2D eigenvalue weighted by Gasteiger charge is 2.32. The number of ether oxygens (including phenoxy) is 2. The zero-order chi connectivity index (χ0) is 32.4. The second-order valence-corrected chi connectivity index (χ2v) is 13.4. The number of thiophene rings is 1. The van der Waals surface area contributed by atoms with Crippen LogP contribution in [0.2, 0.25) is 0 Å². The molecule has 3 unspecified atom stereocenters. The molecule has 2 aromatic heterocycles. The summed E-state index contributed by atoms with van der Waals surface area (Å²) in [5.41, 5.74) is 11.7. The fourth-order valence-electron chi connectivity index (χ4n) is 6.27. The van der Waals surface area contributed by atoms with Crippen LogP contribution in [0.3, 0.4) is 0 Å².